The summed E-state index contributed by atoms with van der Waals surface area (Å²) >= 11 is 0. The number of nitrogens with zero attached hydrogens (tertiary/aromatic N) is 2. The summed E-state index contributed by atoms with van der Waals surface area (Å²) in [5.74, 6) is -0.245. The number of halogens is 2. The molecule has 0 bridgehead atoms. The summed E-state index contributed by atoms with van der Waals surface area (Å²) in [6, 6.07) is 4.66. The highest BCUT2D eigenvalue weighted by Crippen LogP contribution is 2.33. The van der Waals surface area contributed by atoms with Crippen LogP contribution in [0.25, 0.3) is 6.08 Å². The van der Waals surface area contributed by atoms with Gasteiger partial charge in [0, 0.05) is 18.8 Å². The van der Waals surface area contributed by atoms with E-state index in [1.807, 2.05) is 0 Å². The number of carbonyl (C=O) groups excluding carboxylic acids is 1. The molecule has 1 aromatic heterocycles. The molecule has 0 saturated heterocycles. The predicted octanol–water partition coefficient (Wildman–Crippen LogP) is 2.93. The minimum atomic E-state index is -2.99. The van der Waals surface area contributed by atoms with Gasteiger partial charge in [0.25, 0.3) is 0 Å². The summed E-state index contributed by atoms with van der Waals surface area (Å²) in [5.41, 5.74) is 0.717. The zero-order valence-corrected chi connectivity index (χ0v) is 12.0. The van der Waals surface area contributed by atoms with Crippen LogP contribution in [-0.4, -0.2) is 29.3 Å². The van der Waals surface area contributed by atoms with Crippen LogP contribution in [0, 0.1) is 0 Å². The average molecular weight is 308 g/mol. The van der Waals surface area contributed by atoms with Gasteiger partial charge in [-0.15, -0.1) is 0 Å². The molecular weight excluding hydrogens is 294 g/mol. The Hall–Kier alpha value is -2.70. The van der Waals surface area contributed by atoms with Crippen LogP contribution >= 0.6 is 0 Å². The Morgan fingerprint density at radius 1 is 1.41 bits per heavy atom. The molecular formula is C15H14F2N2O3. The first kappa shape index (κ1) is 15.7. The van der Waals surface area contributed by atoms with E-state index in [0.717, 1.165) is 0 Å². The van der Waals surface area contributed by atoms with Gasteiger partial charge >= 0.3 is 6.61 Å². The SMILES string of the molecule is COc1cccc(C=CC(=O)c2cnn(C)c2)c1OC(F)F. The van der Waals surface area contributed by atoms with Crippen molar-refractivity contribution in [2.75, 3.05) is 7.11 Å². The van der Waals surface area contributed by atoms with Gasteiger partial charge in [-0.2, -0.15) is 13.9 Å². The number of allylic oxidation sites excluding steroid dienone is 1. The molecule has 0 aliphatic heterocycles. The Bertz CT molecular complexity index is 696. The van der Waals surface area contributed by atoms with Gasteiger partial charge in [-0.1, -0.05) is 12.1 Å². The quantitative estimate of drug-likeness (QED) is 0.608. The van der Waals surface area contributed by atoms with Crippen molar-refractivity contribution in [1.82, 2.24) is 9.78 Å². The fourth-order valence-electron chi connectivity index (χ4n) is 1.85. The zero-order chi connectivity index (χ0) is 16.1. The van der Waals surface area contributed by atoms with Crippen LogP contribution in [0.15, 0.2) is 36.7 Å². The van der Waals surface area contributed by atoms with Crippen molar-refractivity contribution in [1.29, 1.82) is 0 Å². The lowest BCUT2D eigenvalue weighted by Crippen LogP contribution is -2.05. The summed E-state index contributed by atoms with van der Waals surface area (Å²) in [6.45, 7) is -2.99. The van der Waals surface area contributed by atoms with Crippen LogP contribution in [0.1, 0.15) is 15.9 Å². The van der Waals surface area contributed by atoms with E-state index in [4.69, 9.17) is 4.74 Å². The summed E-state index contributed by atoms with van der Waals surface area (Å²) < 4.78 is 36.0. The molecule has 1 heterocycles. The molecule has 0 spiro atoms. The van der Waals surface area contributed by atoms with Crippen molar-refractivity contribution >= 4 is 11.9 Å². The number of ketones is 1. The molecule has 0 unspecified atom stereocenters. The van der Waals surface area contributed by atoms with Crippen molar-refractivity contribution in [2.24, 2.45) is 7.05 Å². The first-order valence-corrected chi connectivity index (χ1v) is 6.34. The van der Waals surface area contributed by atoms with Crippen LogP contribution in [-0.2, 0) is 7.05 Å². The molecule has 2 aromatic rings. The molecule has 7 heteroatoms. The number of alkyl halides is 2. The molecule has 0 fully saturated rings. The van der Waals surface area contributed by atoms with Crippen LogP contribution in [0.2, 0.25) is 0 Å². The largest absolute Gasteiger partial charge is 0.493 e. The summed E-state index contributed by atoms with van der Waals surface area (Å²) in [6.07, 6.45) is 5.66. The Morgan fingerprint density at radius 2 is 2.18 bits per heavy atom. The Morgan fingerprint density at radius 3 is 2.77 bits per heavy atom. The molecule has 2 rings (SSSR count). The van der Waals surface area contributed by atoms with Gasteiger partial charge in [-0.05, 0) is 18.2 Å². The third-order valence-corrected chi connectivity index (χ3v) is 2.84. The second-order valence-electron chi connectivity index (χ2n) is 4.36. The number of carbonyl (C=O) groups is 1. The summed E-state index contributed by atoms with van der Waals surface area (Å²) in [7, 11) is 3.04. The second-order valence-corrected chi connectivity index (χ2v) is 4.36. The molecule has 0 radical (unpaired) electrons. The highest BCUT2D eigenvalue weighted by Gasteiger charge is 2.14. The van der Waals surface area contributed by atoms with E-state index in [1.54, 1.807) is 25.4 Å². The molecule has 0 saturated carbocycles. The maximum Gasteiger partial charge on any atom is 0.387 e. The first-order chi connectivity index (χ1) is 10.5. The fourth-order valence-corrected chi connectivity index (χ4v) is 1.85. The van der Waals surface area contributed by atoms with Gasteiger partial charge in [-0.3, -0.25) is 9.48 Å². The number of benzene rings is 1. The Kier molecular flexibility index (Phi) is 4.88. The lowest BCUT2D eigenvalue weighted by atomic mass is 10.1. The minimum absolute atomic E-state index is 0.116. The van der Waals surface area contributed by atoms with E-state index in [-0.39, 0.29) is 17.3 Å². The third-order valence-electron chi connectivity index (χ3n) is 2.84. The number of aryl methyl sites for hydroxylation is 1. The van der Waals surface area contributed by atoms with Crippen LogP contribution in [0.4, 0.5) is 8.78 Å². The number of hydrogen-bond acceptors (Lipinski definition) is 4. The van der Waals surface area contributed by atoms with Gasteiger partial charge in [0.05, 0.1) is 18.9 Å². The lowest BCUT2D eigenvalue weighted by Gasteiger charge is -2.12. The number of aromatic nitrogens is 2. The first-order valence-electron chi connectivity index (χ1n) is 6.34. The molecule has 0 N–H and O–H groups in total. The number of hydrogen-bond donors (Lipinski definition) is 0. The van der Waals surface area contributed by atoms with E-state index in [1.165, 1.54) is 36.2 Å². The smallest absolute Gasteiger partial charge is 0.387 e. The number of para-hydroxylation sites is 1. The van der Waals surface area contributed by atoms with E-state index < -0.39 is 6.61 Å². The molecule has 1 aromatic carbocycles. The summed E-state index contributed by atoms with van der Waals surface area (Å²) in [4.78, 5) is 12.0. The van der Waals surface area contributed by atoms with Crippen LogP contribution < -0.4 is 9.47 Å². The number of rotatable bonds is 6. The topological polar surface area (TPSA) is 53.3 Å². The Balaban J connectivity index is 2.28. The molecule has 116 valence electrons. The number of methoxy groups -OCH3 is 1. The van der Waals surface area contributed by atoms with Crippen molar-refractivity contribution in [3.05, 3.63) is 47.8 Å². The van der Waals surface area contributed by atoms with Gasteiger partial charge in [0.15, 0.2) is 17.3 Å². The predicted molar refractivity (Wildman–Crippen MR) is 76.2 cm³/mol. The van der Waals surface area contributed by atoms with Gasteiger partial charge in [0.2, 0.25) is 0 Å². The third kappa shape index (κ3) is 3.69. The van der Waals surface area contributed by atoms with Gasteiger partial charge in [-0.25, -0.2) is 0 Å². The molecule has 0 amide bonds. The second kappa shape index (κ2) is 6.84. The van der Waals surface area contributed by atoms with Crippen LogP contribution in [0.5, 0.6) is 11.5 Å². The minimum Gasteiger partial charge on any atom is -0.493 e. The monoisotopic (exact) mass is 308 g/mol. The van der Waals surface area contributed by atoms with E-state index in [9.17, 15) is 13.6 Å². The standard InChI is InChI=1S/C15H14F2N2O3/c1-19-9-11(8-18-19)12(20)7-6-10-4-3-5-13(21-2)14(10)22-15(16)17/h3-9,15H,1-2H3. The highest BCUT2D eigenvalue weighted by molar-refractivity contribution is 6.06. The maximum absolute atomic E-state index is 12.5. The van der Waals surface area contributed by atoms with Crippen molar-refractivity contribution in [3.8, 4) is 11.5 Å². The fraction of sp³-hybridized carbons (Fsp3) is 0.200. The van der Waals surface area contributed by atoms with Crippen LogP contribution in [0.3, 0.4) is 0 Å². The Labute approximate surface area is 125 Å². The maximum atomic E-state index is 12.5. The normalized spacial score (nSPS) is 11.1. The molecule has 5 nitrogen and oxygen atoms in total. The zero-order valence-electron chi connectivity index (χ0n) is 12.0. The lowest BCUT2D eigenvalue weighted by molar-refractivity contribution is -0.0513. The van der Waals surface area contributed by atoms with Crippen molar-refractivity contribution in [3.63, 3.8) is 0 Å². The number of ether oxygens (including phenoxy) is 2. The van der Waals surface area contributed by atoms with E-state index in [2.05, 4.69) is 9.84 Å². The van der Waals surface area contributed by atoms with Crippen molar-refractivity contribution < 1.29 is 23.0 Å². The van der Waals surface area contributed by atoms with Crippen molar-refractivity contribution in [2.45, 2.75) is 6.61 Å². The highest BCUT2D eigenvalue weighted by atomic mass is 19.3. The van der Waals surface area contributed by atoms with E-state index in [0.29, 0.717) is 11.1 Å². The molecule has 22 heavy (non-hydrogen) atoms. The molecule has 0 aliphatic rings. The average Bonchev–Trinajstić information content (AvgIpc) is 2.92. The molecule has 0 atom stereocenters. The van der Waals surface area contributed by atoms with Gasteiger partial charge < -0.3 is 9.47 Å². The molecule has 0 aliphatic carbocycles. The van der Waals surface area contributed by atoms with Gasteiger partial charge in [0.1, 0.15) is 0 Å². The van der Waals surface area contributed by atoms with E-state index >= 15 is 0 Å². The summed E-state index contributed by atoms with van der Waals surface area (Å²) in [5, 5.41) is 3.90.